The molecule has 6 nitrogen and oxygen atoms in total. The Bertz CT molecular complexity index is 834. The van der Waals surface area contributed by atoms with Gasteiger partial charge in [-0.1, -0.05) is 35.9 Å². The fourth-order valence-corrected chi connectivity index (χ4v) is 4.24. The van der Waals surface area contributed by atoms with Crippen LogP contribution in [0.1, 0.15) is 16.0 Å². The molecule has 2 aliphatic rings. The molecular weight excluding hydrogens is 356 g/mol. The number of guanidine groups is 1. The van der Waals surface area contributed by atoms with Gasteiger partial charge in [-0.15, -0.1) is 11.3 Å². The normalized spacial score (nSPS) is 23.6. The summed E-state index contributed by atoms with van der Waals surface area (Å²) < 4.78 is 0. The first-order valence-corrected chi connectivity index (χ1v) is 10.1. The van der Waals surface area contributed by atoms with Crippen molar-refractivity contribution >= 4 is 17.3 Å². The summed E-state index contributed by atoms with van der Waals surface area (Å²) in [6.45, 7) is 6.85. The molecule has 0 radical (unpaired) electrons. The molecule has 0 saturated carbocycles. The van der Waals surface area contributed by atoms with Gasteiger partial charge in [-0.2, -0.15) is 0 Å². The number of thiophene rings is 1. The molecule has 2 aliphatic heterocycles. The van der Waals surface area contributed by atoms with Crippen LogP contribution in [0.4, 0.5) is 0 Å². The van der Waals surface area contributed by atoms with Crippen LogP contribution in [0, 0.1) is 6.92 Å². The van der Waals surface area contributed by atoms with E-state index in [1.165, 1.54) is 10.4 Å². The number of nitrogens with one attached hydrogen (secondary N) is 1. The number of aliphatic imine (C=N–C) groups is 1. The van der Waals surface area contributed by atoms with Crippen molar-refractivity contribution in [2.45, 2.75) is 19.1 Å². The summed E-state index contributed by atoms with van der Waals surface area (Å²) in [7, 11) is 0. The molecule has 1 unspecified atom stereocenters. The van der Waals surface area contributed by atoms with Gasteiger partial charge < -0.3 is 16.0 Å². The molecule has 27 heavy (non-hydrogen) atoms. The Morgan fingerprint density at radius 2 is 1.89 bits per heavy atom. The van der Waals surface area contributed by atoms with Crippen LogP contribution in [0.3, 0.4) is 0 Å². The third-order valence-electron chi connectivity index (χ3n) is 5.07. The van der Waals surface area contributed by atoms with E-state index in [4.69, 9.17) is 16.5 Å². The lowest BCUT2D eigenvalue weighted by molar-refractivity contribution is 0.173. The summed E-state index contributed by atoms with van der Waals surface area (Å²) in [5.74, 6) is 1.30. The highest BCUT2D eigenvalue weighted by Gasteiger charge is 2.31. The molecule has 1 aromatic heterocycles. The second kappa shape index (κ2) is 7.34. The summed E-state index contributed by atoms with van der Waals surface area (Å²) in [6, 6.07) is 12.4. The Morgan fingerprint density at radius 1 is 1.15 bits per heavy atom. The summed E-state index contributed by atoms with van der Waals surface area (Å²) in [5, 5.41) is 5.33. The first kappa shape index (κ1) is 18.0. The van der Waals surface area contributed by atoms with Crippen LogP contribution < -0.4 is 16.8 Å². The van der Waals surface area contributed by atoms with E-state index in [1.807, 2.05) is 23.5 Å². The Hall–Kier alpha value is -2.35. The first-order chi connectivity index (χ1) is 13.0. The van der Waals surface area contributed by atoms with E-state index >= 15 is 0 Å². The second-order valence-electron chi connectivity index (χ2n) is 7.19. The number of benzene rings is 1. The van der Waals surface area contributed by atoms with E-state index in [-0.39, 0.29) is 0 Å². The van der Waals surface area contributed by atoms with Crippen molar-refractivity contribution in [3.8, 4) is 0 Å². The monoisotopic (exact) mass is 382 g/mol. The SMILES string of the molecule is Cc1ccc(C2(N)C=C(N)NC(N3CCN(Cc4cccs4)CC3)=N2)cc1. The highest BCUT2D eigenvalue weighted by Crippen LogP contribution is 2.26. The largest absolute Gasteiger partial charge is 0.385 e. The third-order valence-corrected chi connectivity index (χ3v) is 5.93. The van der Waals surface area contributed by atoms with Crippen molar-refractivity contribution < 1.29 is 0 Å². The Kier molecular flexibility index (Phi) is 4.90. The van der Waals surface area contributed by atoms with Crippen molar-refractivity contribution in [3.63, 3.8) is 0 Å². The van der Waals surface area contributed by atoms with Crippen molar-refractivity contribution in [1.29, 1.82) is 0 Å². The zero-order chi connectivity index (χ0) is 18.9. The molecule has 0 bridgehead atoms. The van der Waals surface area contributed by atoms with Crippen molar-refractivity contribution in [2.75, 3.05) is 26.2 Å². The van der Waals surface area contributed by atoms with Crippen LogP contribution in [0.25, 0.3) is 0 Å². The molecule has 3 heterocycles. The first-order valence-electron chi connectivity index (χ1n) is 9.23. The lowest BCUT2D eigenvalue weighted by Gasteiger charge is -2.39. The fraction of sp³-hybridized carbons (Fsp3) is 0.350. The molecule has 0 amide bonds. The molecule has 0 spiro atoms. The topological polar surface area (TPSA) is 82.9 Å². The summed E-state index contributed by atoms with van der Waals surface area (Å²) >= 11 is 1.81. The van der Waals surface area contributed by atoms with Crippen LogP contribution in [-0.2, 0) is 12.2 Å². The minimum atomic E-state index is -0.938. The van der Waals surface area contributed by atoms with Gasteiger partial charge in [0.2, 0.25) is 5.96 Å². The molecule has 2 aromatic rings. The standard InChI is InChI=1S/C20H26N6S/c1-15-4-6-16(7-5-15)20(22)13-18(21)23-19(24-20)26-10-8-25(9-11-26)14-17-3-2-12-27-17/h2-7,12-13H,8-11,14,21-22H2,1H3,(H,23,24). The van der Waals surface area contributed by atoms with E-state index < -0.39 is 5.66 Å². The fourth-order valence-electron chi connectivity index (χ4n) is 3.50. The van der Waals surface area contributed by atoms with Crippen LogP contribution >= 0.6 is 11.3 Å². The van der Waals surface area contributed by atoms with Crippen molar-refractivity contribution in [2.24, 2.45) is 16.5 Å². The molecule has 1 saturated heterocycles. The van der Waals surface area contributed by atoms with E-state index in [2.05, 4.69) is 51.7 Å². The number of nitrogens with zero attached hydrogens (tertiary/aromatic N) is 3. The summed E-state index contributed by atoms with van der Waals surface area (Å²) in [5.41, 5.74) is 14.0. The Balaban J connectivity index is 1.47. The van der Waals surface area contributed by atoms with Gasteiger partial charge in [0.1, 0.15) is 5.82 Å². The lowest BCUT2D eigenvalue weighted by atomic mass is 9.98. The van der Waals surface area contributed by atoms with Gasteiger partial charge in [0.25, 0.3) is 0 Å². The van der Waals surface area contributed by atoms with E-state index in [1.54, 1.807) is 6.08 Å². The summed E-state index contributed by atoms with van der Waals surface area (Å²) in [6.07, 6.45) is 1.79. The molecule has 1 fully saturated rings. The average Bonchev–Trinajstić information content (AvgIpc) is 3.15. The molecule has 4 rings (SSSR count). The number of hydrogen-bond acceptors (Lipinski definition) is 7. The predicted molar refractivity (Wildman–Crippen MR) is 111 cm³/mol. The average molecular weight is 383 g/mol. The van der Waals surface area contributed by atoms with Gasteiger partial charge >= 0.3 is 0 Å². The molecule has 1 aromatic carbocycles. The maximum atomic E-state index is 6.62. The minimum Gasteiger partial charge on any atom is -0.385 e. The van der Waals surface area contributed by atoms with Crippen LogP contribution in [0.5, 0.6) is 0 Å². The number of piperazine rings is 1. The van der Waals surface area contributed by atoms with E-state index in [0.29, 0.717) is 5.82 Å². The van der Waals surface area contributed by atoms with Gasteiger partial charge in [0, 0.05) is 43.7 Å². The van der Waals surface area contributed by atoms with Crippen LogP contribution in [0.2, 0.25) is 0 Å². The molecule has 142 valence electrons. The number of aryl methyl sites for hydroxylation is 1. The van der Waals surface area contributed by atoms with Crippen LogP contribution in [-0.4, -0.2) is 41.9 Å². The Labute approximate surface area is 164 Å². The lowest BCUT2D eigenvalue weighted by Crippen LogP contribution is -2.55. The van der Waals surface area contributed by atoms with Crippen molar-refractivity contribution in [3.05, 3.63) is 69.7 Å². The van der Waals surface area contributed by atoms with Gasteiger partial charge in [-0.25, -0.2) is 4.99 Å². The number of rotatable bonds is 3. The van der Waals surface area contributed by atoms with Gasteiger partial charge in [0.15, 0.2) is 5.66 Å². The van der Waals surface area contributed by atoms with Gasteiger partial charge in [-0.3, -0.25) is 10.6 Å². The molecule has 1 atom stereocenters. The number of hydrogen-bond donors (Lipinski definition) is 3. The molecule has 5 N–H and O–H groups in total. The van der Waals surface area contributed by atoms with Gasteiger partial charge in [-0.05, 0) is 23.9 Å². The maximum Gasteiger partial charge on any atom is 0.202 e. The third kappa shape index (κ3) is 4.00. The number of nitrogens with two attached hydrogens (primary N) is 2. The Morgan fingerprint density at radius 3 is 2.56 bits per heavy atom. The smallest absolute Gasteiger partial charge is 0.202 e. The molecule has 0 aliphatic carbocycles. The van der Waals surface area contributed by atoms with Crippen molar-refractivity contribution in [1.82, 2.24) is 15.1 Å². The van der Waals surface area contributed by atoms with Crippen LogP contribution in [0.15, 0.2) is 58.7 Å². The van der Waals surface area contributed by atoms with E-state index in [9.17, 15) is 0 Å². The zero-order valence-electron chi connectivity index (χ0n) is 15.6. The second-order valence-corrected chi connectivity index (χ2v) is 8.23. The highest BCUT2D eigenvalue weighted by atomic mass is 32.1. The van der Waals surface area contributed by atoms with E-state index in [0.717, 1.165) is 44.2 Å². The van der Waals surface area contributed by atoms with Gasteiger partial charge in [0.05, 0.1) is 0 Å². The zero-order valence-corrected chi connectivity index (χ0v) is 16.4. The maximum absolute atomic E-state index is 6.62. The predicted octanol–water partition coefficient (Wildman–Crippen LogP) is 1.75. The minimum absolute atomic E-state index is 0.545. The highest BCUT2D eigenvalue weighted by molar-refractivity contribution is 7.09. The summed E-state index contributed by atoms with van der Waals surface area (Å²) in [4.78, 5) is 10.9. The quantitative estimate of drug-likeness (QED) is 0.753. The molecule has 7 heteroatoms. The molecular formula is C20H26N6S.